The zero-order valence-electron chi connectivity index (χ0n) is 49.7. The second-order valence-electron chi connectivity index (χ2n) is 23.2. The van der Waals surface area contributed by atoms with E-state index in [0.717, 1.165) is 107 Å². The molecule has 1 aromatic heterocycles. The fourth-order valence-electron chi connectivity index (χ4n) is 9.85. The van der Waals surface area contributed by atoms with Gasteiger partial charge in [-0.15, -0.1) is 4.37 Å². The largest absolute Gasteiger partial charge is 0.512 e. The van der Waals surface area contributed by atoms with Crippen LogP contribution >= 0.6 is 11.7 Å². The fourth-order valence-corrected chi connectivity index (χ4v) is 10.4. The minimum Gasteiger partial charge on any atom is -0.475 e. The summed E-state index contributed by atoms with van der Waals surface area (Å²) in [6.07, 6.45) is 41.3. The van der Waals surface area contributed by atoms with Gasteiger partial charge in [-0.05, 0) is 37.5 Å². The molecule has 2 rings (SSSR count). The molecule has 0 radical (unpaired) electrons. The van der Waals surface area contributed by atoms with Gasteiger partial charge in [0.25, 0.3) is 5.88 Å². The molecule has 0 fully saturated rings. The van der Waals surface area contributed by atoms with Crippen molar-refractivity contribution in [3.63, 3.8) is 0 Å². The van der Waals surface area contributed by atoms with Gasteiger partial charge in [-0.2, -0.15) is 4.37 Å². The van der Waals surface area contributed by atoms with Crippen molar-refractivity contribution in [2.45, 2.75) is 298 Å². The molecule has 0 saturated heterocycles. The van der Waals surface area contributed by atoms with Gasteiger partial charge >= 0.3 is 24.1 Å². The molecule has 2 atom stereocenters. The van der Waals surface area contributed by atoms with E-state index < -0.39 is 24.5 Å². The molecule has 0 N–H and O–H groups in total. The molecule has 0 aliphatic carbocycles. The van der Waals surface area contributed by atoms with Crippen LogP contribution in [0.25, 0.3) is 5.57 Å². The third-order valence-corrected chi connectivity index (χ3v) is 15.7. The number of likely N-dealkylation sites (N-methyl/N-ethyl adjacent to an activating group) is 1. The summed E-state index contributed by atoms with van der Waals surface area (Å²) >= 11 is 1.16. The number of carbonyl (C=O) groups excluding carboxylic acids is 4. The Morgan fingerprint density at radius 3 is 1.49 bits per heavy atom. The minimum absolute atomic E-state index is 0.138. The lowest BCUT2D eigenvalue weighted by Crippen LogP contribution is -2.55. The summed E-state index contributed by atoms with van der Waals surface area (Å²) in [4.78, 5) is 51.6. The molecule has 0 spiro atoms. The Hall–Kier alpha value is -3.26. The smallest absolute Gasteiger partial charge is 0.475 e. The molecule has 2 heterocycles. The average molecular weight is 1090 g/mol. The van der Waals surface area contributed by atoms with Crippen molar-refractivity contribution in [2.75, 3.05) is 46.6 Å². The van der Waals surface area contributed by atoms with Crippen LogP contribution in [0, 0.1) is 5.41 Å². The van der Waals surface area contributed by atoms with E-state index in [1.54, 1.807) is 0 Å². The van der Waals surface area contributed by atoms with E-state index >= 15 is 0 Å². The molecular formula is C62H112N3O10S+. The molecule has 1 unspecified atom stereocenters. The quantitative estimate of drug-likeness (QED) is 0.0264. The number of hydrogen-bond donors (Lipinski definition) is 0. The number of quaternary nitrogens is 1. The number of carbonyl (C=O) groups is 4. The molecule has 0 saturated carbocycles. The Balaban J connectivity index is 1.73. The van der Waals surface area contributed by atoms with Gasteiger partial charge in [0.15, 0.2) is 6.10 Å². The van der Waals surface area contributed by atoms with Crippen molar-refractivity contribution < 1.29 is 52.1 Å². The van der Waals surface area contributed by atoms with Crippen molar-refractivity contribution in [3.8, 4) is 5.88 Å². The van der Waals surface area contributed by atoms with Crippen LogP contribution in [0.2, 0.25) is 0 Å². The van der Waals surface area contributed by atoms with Crippen LogP contribution in [0.1, 0.15) is 291 Å². The van der Waals surface area contributed by atoms with Gasteiger partial charge < -0.3 is 28.4 Å². The number of aromatic nitrogens is 2. The standard InChI is InChI=1S/C62H112N3O10S/c1-8-11-14-17-19-21-23-25-27-29-31-33-36-43-56(66)71-50-55(51-72-57(67)44-37-34-32-30-28-26-24-22-20-18-15-12-9-2)75-58(68)45-38-35-39-46-62(5,6)52-73-61(69)74-53(4)65(7)47-41-42-54(49-65)59-60(64-76-63-59)70-48-40-16-13-10-3/h42,53,55H,8-41,43-52H2,1-7H3/q+1/t53-,65?/m1/s1. The highest BCUT2D eigenvalue weighted by atomic mass is 32.1. The highest BCUT2D eigenvalue weighted by Gasteiger charge is 2.37. The maximum Gasteiger partial charge on any atom is 0.512 e. The number of esters is 3. The topological polar surface area (TPSA) is 149 Å². The average Bonchev–Trinajstić information content (AvgIpc) is 3.87. The van der Waals surface area contributed by atoms with Crippen LogP contribution in [0.5, 0.6) is 5.88 Å². The summed E-state index contributed by atoms with van der Waals surface area (Å²) in [5.74, 6) is -0.468. The third-order valence-electron chi connectivity index (χ3n) is 15.1. The van der Waals surface area contributed by atoms with Crippen molar-refractivity contribution in [1.29, 1.82) is 0 Å². The van der Waals surface area contributed by atoms with Crippen molar-refractivity contribution >= 4 is 41.4 Å². The molecule has 1 aromatic rings. The molecule has 1 aliphatic heterocycles. The summed E-state index contributed by atoms with van der Waals surface area (Å²) in [7, 11) is 2.09. The maximum absolute atomic E-state index is 13.1. The van der Waals surface area contributed by atoms with Gasteiger partial charge in [0.1, 0.15) is 32.1 Å². The van der Waals surface area contributed by atoms with Crippen LogP contribution in [0.4, 0.5) is 4.79 Å². The van der Waals surface area contributed by atoms with Crippen LogP contribution in [-0.4, -0.2) is 96.2 Å². The minimum atomic E-state index is -0.858. The zero-order chi connectivity index (χ0) is 55.4. The SMILES string of the molecule is CCCCCCCCCCCCCCCC(=O)OCC(COC(=O)CCCCCCCCCCCCCCC)OC(=O)CCCCCC(C)(C)COC(=O)O[C@H](C)[N+]1(C)CCC=C(c2nsnc2OCCCCCC)C1. The second kappa shape index (κ2) is 44.6. The fraction of sp³-hybridized carbons (Fsp3) is 0.871. The van der Waals surface area contributed by atoms with Crippen molar-refractivity contribution in [2.24, 2.45) is 5.41 Å². The summed E-state index contributed by atoms with van der Waals surface area (Å²) in [5.41, 5.74) is 1.53. The second-order valence-corrected chi connectivity index (χ2v) is 23.7. The molecule has 0 aromatic carbocycles. The van der Waals surface area contributed by atoms with Crippen molar-refractivity contribution in [3.05, 3.63) is 11.8 Å². The number of nitrogens with zero attached hydrogens (tertiary/aromatic N) is 3. The molecule has 13 nitrogen and oxygen atoms in total. The lowest BCUT2D eigenvalue weighted by Gasteiger charge is -2.41. The molecule has 14 heteroatoms. The molecule has 0 bridgehead atoms. The van der Waals surface area contributed by atoms with Crippen LogP contribution in [-0.2, 0) is 38.1 Å². The van der Waals surface area contributed by atoms with Crippen molar-refractivity contribution in [1.82, 2.24) is 8.75 Å². The van der Waals surface area contributed by atoms with Crippen LogP contribution in [0.15, 0.2) is 6.08 Å². The number of rotatable bonds is 50. The van der Waals surface area contributed by atoms with Gasteiger partial charge in [0.2, 0.25) is 6.23 Å². The van der Waals surface area contributed by atoms with E-state index in [0.29, 0.717) is 42.8 Å². The van der Waals surface area contributed by atoms with Gasteiger partial charge in [-0.25, -0.2) is 4.79 Å². The van der Waals surface area contributed by atoms with E-state index in [2.05, 4.69) is 56.5 Å². The van der Waals surface area contributed by atoms with Gasteiger partial charge in [-0.3, -0.25) is 18.9 Å². The molecule has 1 aliphatic rings. The lowest BCUT2D eigenvalue weighted by molar-refractivity contribution is -0.944. The normalized spacial score (nSPS) is 15.1. The summed E-state index contributed by atoms with van der Waals surface area (Å²) in [5, 5.41) is 0. The Morgan fingerprint density at radius 1 is 0.566 bits per heavy atom. The molecule has 440 valence electrons. The Bertz CT molecular complexity index is 1620. The summed E-state index contributed by atoms with van der Waals surface area (Å²) in [6, 6.07) is 0. The molecular weight excluding hydrogens is 979 g/mol. The lowest BCUT2D eigenvalue weighted by atomic mass is 9.88. The third kappa shape index (κ3) is 35.3. The van der Waals surface area contributed by atoms with E-state index in [-0.39, 0.29) is 43.6 Å². The van der Waals surface area contributed by atoms with Gasteiger partial charge in [-0.1, -0.05) is 227 Å². The summed E-state index contributed by atoms with van der Waals surface area (Å²) in [6.45, 7) is 14.7. The molecule has 0 amide bonds. The predicted molar refractivity (Wildman–Crippen MR) is 309 cm³/mol. The Kier molecular flexibility index (Phi) is 40.4. The van der Waals surface area contributed by atoms with Crippen LogP contribution < -0.4 is 4.74 Å². The number of hydrogen-bond acceptors (Lipinski definition) is 13. The first-order valence-electron chi connectivity index (χ1n) is 31.2. The molecule has 76 heavy (non-hydrogen) atoms. The van der Waals surface area contributed by atoms with Gasteiger partial charge in [0, 0.05) is 38.2 Å². The van der Waals surface area contributed by atoms with Gasteiger partial charge in [0.05, 0.1) is 31.9 Å². The van der Waals surface area contributed by atoms with E-state index in [4.69, 9.17) is 28.4 Å². The Labute approximate surface area is 467 Å². The predicted octanol–water partition coefficient (Wildman–Crippen LogP) is 17.2. The first-order valence-corrected chi connectivity index (χ1v) is 31.9. The highest BCUT2D eigenvalue weighted by Crippen LogP contribution is 2.32. The van der Waals surface area contributed by atoms with Crippen LogP contribution in [0.3, 0.4) is 0 Å². The van der Waals surface area contributed by atoms with E-state index in [1.807, 2.05) is 6.92 Å². The maximum atomic E-state index is 13.1. The first-order chi connectivity index (χ1) is 36.8. The highest BCUT2D eigenvalue weighted by molar-refractivity contribution is 6.99. The Morgan fingerprint density at radius 2 is 1.00 bits per heavy atom. The number of ether oxygens (including phenoxy) is 6. The zero-order valence-corrected chi connectivity index (χ0v) is 50.5. The number of unbranched alkanes of at least 4 members (excludes halogenated alkanes) is 29. The summed E-state index contributed by atoms with van der Waals surface area (Å²) < 4.78 is 44.0. The van der Waals surface area contributed by atoms with E-state index in [1.165, 1.54) is 141 Å². The first kappa shape index (κ1) is 68.8. The monoisotopic (exact) mass is 1090 g/mol. The van der Waals surface area contributed by atoms with E-state index in [9.17, 15) is 19.2 Å².